The van der Waals surface area contributed by atoms with Crippen molar-refractivity contribution in [2.45, 2.75) is 19.0 Å². The fraction of sp³-hybridized carbons (Fsp3) is 0.385. The van der Waals surface area contributed by atoms with Crippen molar-refractivity contribution in [1.29, 1.82) is 5.26 Å². The predicted octanol–water partition coefficient (Wildman–Crippen LogP) is 0.210. The summed E-state index contributed by atoms with van der Waals surface area (Å²) in [6.07, 6.45) is 0. The number of hydrogen-bond acceptors (Lipinski definition) is 4. The van der Waals surface area contributed by atoms with Gasteiger partial charge in [0.05, 0.1) is 11.6 Å². The Morgan fingerprint density at radius 3 is 3.06 bits per heavy atom. The molecule has 0 aromatic heterocycles. The molecule has 2 unspecified atom stereocenters. The Bertz CT molecular complexity index is 494. The Morgan fingerprint density at radius 2 is 2.39 bits per heavy atom. The number of carbonyl (C=O) groups excluding carboxylic acids is 1. The summed E-state index contributed by atoms with van der Waals surface area (Å²) in [6.45, 7) is 2.88. The van der Waals surface area contributed by atoms with E-state index in [9.17, 15) is 4.79 Å². The molecule has 1 aliphatic heterocycles. The van der Waals surface area contributed by atoms with E-state index < -0.39 is 0 Å². The molecule has 0 saturated carbocycles. The molecule has 1 fully saturated rings. The first kappa shape index (κ1) is 12.4. The highest BCUT2D eigenvalue weighted by Gasteiger charge is 2.33. The van der Waals surface area contributed by atoms with E-state index in [0.29, 0.717) is 12.1 Å². The van der Waals surface area contributed by atoms with E-state index in [1.807, 2.05) is 24.0 Å². The number of hydrogen-bond donors (Lipinski definition) is 2. The minimum atomic E-state index is -0.373. The first-order chi connectivity index (χ1) is 8.67. The van der Waals surface area contributed by atoms with Crippen LogP contribution in [-0.2, 0) is 4.79 Å². The molecule has 5 nitrogen and oxygen atoms in total. The third-order valence-corrected chi connectivity index (χ3v) is 3.18. The van der Waals surface area contributed by atoms with Crippen molar-refractivity contribution < 1.29 is 4.79 Å². The molecule has 94 valence electrons. The number of nitrogens with two attached hydrogens (primary N) is 1. The second kappa shape index (κ2) is 5.07. The van der Waals surface area contributed by atoms with E-state index >= 15 is 0 Å². The van der Waals surface area contributed by atoms with Crippen LogP contribution < -0.4 is 16.0 Å². The Morgan fingerprint density at radius 1 is 1.61 bits per heavy atom. The second-order valence-corrected chi connectivity index (χ2v) is 4.42. The Hall–Kier alpha value is -2.06. The monoisotopic (exact) mass is 244 g/mol. The van der Waals surface area contributed by atoms with Crippen molar-refractivity contribution >= 4 is 11.6 Å². The van der Waals surface area contributed by atoms with E-state index in [-0.39, 0.29) is 24.5 Å². The Kier molecular flexibility index (Phi) is 3.49. The number of benzene rings is 1. The number of amides is 1. The quantitative estimate of drug-likeness (QED) is 0.779. The maximum atomic E-state index is 11.8. The summed E-state index contributed by atoms with van der Waals surface area (Å²) in [6, 6.07) is 9.15. The summed E-state index contributed by atoms with van der Waals surface area (Å²) in [5.74, 6) is -0.0574. The first-order valence-corrected chi connectivity index (χ1v) is 5.93. The van der Waals surface area contributed by atoms with Crippen LogP contribution in [0.15, 0.2) is 24.3 Å². The molecule has 1 heterocycles. The summed E-state index contributed by atoms with van der Waals surface area (Å²) in [5.41, 5.74) is 7.14. The molecule has 0 aliphatic carbocycles. The number of anilines is 1. The molecule has 2 atom stereocenters. The van der Waals surface area contributed by atoms with Gasteiger partial charge in [0.25, 0.3) is 0 Å². The topological polar surface area (TPSA) is 82.2 Å². The molecule has 18 heavy (non-hydrogen) atoms. The maximum absolute atomic E-state index is 11.8. The van der Waals surface area contributed by atoms with Crippen LogP contribution in [0.1, 0.15) is 12.5 Å². The molecule has 1 aromatic rings. The van der Waals surface area contributed by atoms with Crippen molar-refractivity contribution in [2.24, 2.45) is 5.73 Å². The smallest absolute Gasteiger partial charge is 0.244 e. The molecule has 1 amide bonds. The fourth-order valence-corrected chi connectivity index (χ4v) is 2.29. The highest BCUT2D eigenvalue weighted by Crippen LogP contribution is 2.23. The zero-order valence-electron chi connectivity index (χ0n) is 10.3. The van der Waals surface area contributed by atoms with E-state index in [1.165, 1.54) is 0 Å². The van der Waals surface area contributed by atoms with E-state index in [0.717, 1.165) is 5.69 Å². The number of nitrogens with one attached hydrogen (secondary N) is 1. The number of carbonyl (C=O) groups is 1. The molecular weight excluding hydrogens is 228 g/mol. The molecule has 1 aliphatic rings. The summed E-state index contributed by atoms with van der Waals surface area (Å²) in [4.78, 5) is 13.8. The minimum absolute atomic E-state index is 0.0574. The van der Waals surface area contributed by atoms with Crippen molar-refractivity contribution in [3.63, 3.8) is 0 Å². The van der Waals surface area contributed by atoms with Gasteiger partial charge in [-0.3, -0.25) is 4.79 Å². The Labute approximate surface area is 106 Å². The van der Waals surface area contributed by atoms with E-state index in [4.69, 9.17) is 11.0 Å². The van der Waals surface area contributed by atoms with Crippen LogP contribution in [-0.4, -0.2) is 31.1 Å². The van der Waals surface area contributed by atoms with E-state index in [1.54, 1.807) is 12.1 Å². The molecule has 0 bridgehead atoms. The van der Waals surface area contributed by atoms with Gasteiger partial charge in [-0.25, -0.2) is 0 Å². The summed E-state index contributed by atoms with van der Waals surface area (Å²) < 4.78 is 0. The lowest BCUT2D eigenvalue weighted by molar-refractivity contribution is -0.123. The fourth-order valence-electron chi connectivity index (χ4n) is 2.29. The highest BCUT2D eigenvalue weighted by molar-refractivity contribution is 5.87. The standard InChI is InChI=1S/C13H16N4O/c1-9-8-16-13(18)12(7-15)17(9)11-4-2-3-10(5-11)6-14/h2-5,9,12H,7-8,15H2,1H3,(H,16,18). The maximum Gasteiger partial charge on any atom is 0.244 e. The van der Waals surface area contributed by atoms with Gasteiger partial charge in [0, 0.05) is 24.8 Å². The van der Waals surface area contributed by atoms with Gasteiger partial charge in [-0.05, 0) is 25.1 Å². The van der Waals surface area contributed by atoms with Crippen LogP contribution in [0.3, 0.4) is 0 Å². The molecular formula is C13H16N4O. The zero-order chi connectivity index (χ0) is 13.1. The lowest BCUT2D eigenvalue weighted by atomic mass is 10.1. The second-order valence-electron chi connectivity index (χ2n) is 4.42. The molecule has 0 radical (unpaired) electrons. The molecule has 1 saturated heterocycles. The van der Waals surface area contributed by atoms with Crippen LogP contribution in [0.5, 0.6) is 0 Å². The summed E-state index contributed by atoms with van der Waals surface area (Å²) in [7, 11) is 0. The summed E-state index contributed by atoms with van der Waals surface area (Å²) >= 11 is 0. The van der Waals surface area contributed by atoms with Gasteiger partial charge >= 0.3 is 0 Å². The van der Waals surface area contributed by atoms with Crippen LogP contribution in [0.25, 0.3) is 0 Å². The normalized spacial score (nSPS) is 23.4. The van der Waals surface area contributed by atoms with E-state index in [2.05, 4.69) is 11.4 Å². The third kappa shape index (κ3) is 2.15. The Balaban J connectivity index is 2.38. The summed E-state index contributed by atoms with van der Waals surface area (Å²) in [5, 5.41) is 11.8. The zero-order valence-corrected chi connectivity index (χ0v) is 10.3. The van der Waals surface area contributed by atoms with Crippen molar-refractivity contribution in [3.05, 3.63) is 29.8 Å². The minimum Gasteiger partial charge on any atom is -0.354 e. The lowest BCUT2D eigenvalue weighted by Gasteiger charge is -2.41. The lowest BCUT2D eigenvalue weighted by Crippen LogP contribution is -2.62. The van der Waals surface area contributed by atoms with Crippen LogP contribution in [0, 0.1) is 11.3 Å². The number of rotatable bonds is 2. The van der Waals surface area contributed by atoms with Crippen LogP contribution in [0.4, 0.5) is 5.69 Å². The predicted molar refractivity (Wildman–Crippen MR) is 69.0 cm³/mol. The number of piperazine rings is 1. The van der Waals surface area contributed by atoms with Gasteiger partial charge in [0.15, 0.2) is 0 Å². The highest BCUT2D eigenvalue weighted by atomic mass is 16.2. The SMILES string of the molecule is CC1CNC(=O)C(CN)N1c1cccc(C#N)c1. The molecule has 2 rings (SSSR count). The van der Waals surface area contributed by atoms with Crippen molar-refractivity contribution in [1.82, 2.24) is 5.32 Å². The van der Waals surface area contributed by atoms with Gasteiger partial charge in [-0.15, -0.1) is 0 Å². The van der Waals surface area contributed by atoms with Gasteiger partial charge < -0.3 is 16.0 Å². The first-order valence-electron chi connectivity index (χ1n) is 5.93. The van der Waals surface area contributed by atoms with Gasteiger partial charge in [0.2, 0.25) is 5.91 Å². The average molecular weight is 244 g/mol. The van der Waals surface area contributed by atoms with Crippen molar-refractivity contribution in [3.8, 4) is 6.07 Å². The van der Waals surface area contributed by atoms with Gasteiger partial charge in [-0.1, -0.05) is 6.07 Å². The average Bonchev–Trinajstić information content (AvgIpc) is 2.41. The number of nitriles is 1. The molecule has 0 spiro atoms. The van der Waals surface area contributed by atoms with Crippen LogP contribution >= 0.6 is 0 Å². The van der Waals surface area contributed by atoms with Crippen LogP contribution in [0.2, 0.25) is 0 Å². The van der Waals surface area contributed by atoms with Gasteiger partial charge in [-0.2, -0.15) is 5.26 Å². The molecule has 3 N–H and O–H groups in total. The molecule has 5 heteroatoms. The van der Waals surface area contributed by atoms with Crippen molar-refractivity contribution in [2.75, 3.05) is 18.0 Å². The molecule has 1 aromatic carbocycles. The van der Waals surface area contributed by atoms with Gasteiger partial charge in [0.1, 0.15) is 6.04 Å². The third-order valence-electron chi connectivity index (χ3n) is 3.18. The largest absolute Gasteiger partial charge is 0.354 e. The number of nitrogens with zero attached hydrogens (tertiary/aromatic N) is 2.